The molecule has 0 aromatic carbocycles. The molecule has 0 aromatic rings. The van der Waals surface area contributed by atoms with Crippen LogP contribution in [-0.2, 0) is 19.2 Å². The van der Waals surface area contributed by atoms with E-state index in [0.717, 1.165) is 0 Å². The van der Waals surface area contributed by atoms with E-state index < -0.39 is 48.4 Å². The van der Waals surface area contributed by atoms with Crippen molar-refractivity contribution in [3.8, 4) is 0 Å². The van der Waals surface area contributed by atoms with Crippen molar-refractivity contribution in [2.24, 2.45) is 17.4 Å². The Morgan fingerprint density at radius 2 is 1.56 bits per heavy atom. The second-order valence-corrected chi connectivity index (χ2v) is 6.42. The Morgan fingerprint density at radius 1 is 0.926 bits per heavy atom. The highest BCUT2D eigenvalue weighted by atomic mass is 16.4. The molecular formula is C16H31N5O6. The van der Waals surface area contributed by atoms with Crippen molar-refractivity contribution in [2.45, 2.75) is 51.2 Å². The second kappa shape index (κ2) is 13.0. The van der Waals surface area contributed by atoms with E-state index >= 15 is 0 Å². The number of carbonyl (C=O) groups is 4. The van der Waals surface area contributed by atoms with Gasteiger partial charge in [0.1, 0.15) is 18.1 Å². The number of aliphatic carboxylic acids is 1. The quantitative estimate of drug-likeness (QED) is 0.165. The fourth-order valence-corrected chi connectivity index (χ4v) is 2.25. The van der Waals surface area contributed by atoms with Crippen LogP contribution in [0.1, 0.15) is 33.1 Å². The second-order valence-electron chi connectivity index (χ2n) is 6.42. The SMILES string of the molecule is CC(C)[C@H](NC(=O)[C@H](CCCCN)NC(=O)CN)C(=O)N[C@@H](CO)C(=O)O. The number of carboxylic acid groups (broad SMARTS) is 1. The first-order valence-corrected chi connectivity index (χ1v) is 8.81. The van der Waals surface area contributed by atoms with Crippen LogP contribution in [-0.4, -0.2) is 71.7 Å². The van der Waals surface area contributed by atoms with Crippen molar-refractivity contribution in [3.05, 3.63) is 0 Å². The average Bonchev–Trinajstić information content (AvgIpc) is 2.62. The van der Waals surface area contributed by atoms with Gasteiger partial charge in [-0.3, -0.25) is 14.4 Å². The molecule has 0 saturated carbocycles. The molecule has 9 N–H and O–H groups in total. The molecule has 0 bridgehead atoms. The number of unbranched alkanes of at least 4 members (excludes halogenated alkanes) is 1. The summed E-state index contributed by atoms with van der Waals surface area (Å²) < 4.78 is 0. The van der Waals surface area contributed by atoms with E-state index in [-0.39, 0.29) is 12.5 Å². The van der Waals surface area contributed by atoms with Crippen LogP contribution in [0.2, 0.25) is 0 Å². The number of hydrogen-bond donors (Lipinski definition) is 7. The predicted molar refractivity (Wildman–Crippen MR) is 97.3 cm³/mol. The Morgan fingerprint density at radius 3 is 2.00 bits per heavy atom. The first-order valence-electron chi connectivity index (χ1n) is 8.81. The van der Waals surface area contributed by atoms with Crippen LogP contribution in [0, 0.1) is 5.92 Å². The summed E-state index contributed by atoms with van der Waals surface area (Å²) in [6.07, 6.45) is 1.56. The first-order chi connectivity index (χ1) is 12.7. The van der Waals surface area contributed by atoms with Gasteiger partial charge in [0.15, 0.2) is 0 Å². The third-order valence-electron chi connectivity index (χ3n) is 3.83. The summed E-state index contributed by atoms with van der Waals surface area (Å²) >= 11 is 0. The topological polar surface area (TPSA) is 197 Å². The number of carboxylic acids is 1. The van der Waals surface area contributed by atoms with Crippen LogP contribution in [0.4, 0.5) is 0 Å². The molecule has 0 heterocycles. The largest absolute Gasteiger partial charge is 0.480 e. The van der Waals surface area contributed by atoms with Gasteiger partial charge < -0.3 is 37.6 Å². The lowest BCUT2D eigenvalue weighted by Crippen LogP contribution is -2.58. The van der Waals surface area contributed by atoms with Gasteiger partial charge in [0.25, 0.3) is 0 Å². The van der Waals surface area contributed by atoms with Crippen LogP contribution in [0.15, 0.2) is 0 Å². The molecule has 11 heteroatoms. The number of aliphatic hydroxyl groups excluding tert-OH is 1. The van der Waals surface area contributed by atoms with E-state index in [9.17, 15) is 19.2 Å². The number of hydrogen-bond acceptors (Lipinski definition) is 7. The van der Waals surface area contributed by atoms with E-state index in [4.69, 9.17) is 21.7 Å². The van der Waals surface area contributed by atoms with Gasteiger partial charge in [-0.05, 0) is 31.7 Å². The van der Waals surface area contributed by atoms with Gasteiger partial charge >= 0.3 is 5.97 Å². The minimum absolute atomic E-state index is 0.286. The van der Waals surface area contributed by atoms with Crippen molar-refractivity contribution < 1.29 is 29.4 Å². The Kier molecular flexibility index (Phi) is 11.9. The number of amides is 3. The smallest absolute Gasteiger partial charge is 0.328 e. The lowest BCUT2D eigenvalue weighted by Gasteiger charge is -2.26. The summed E-state index contributed by atoms with van der Waals surface area (Å²) in [7, 11) is 0. The number of rotatable bonds is 13. The molecule has 0 aliphatic heterocycles. The van der Waals surface area contributed by atoms with Gasteiger partial charge in [-0.15, -0.1) is 0 Å². The molecule has 0 spiro atoms. The Labute approximate surface area is 158 Å². The zero-order valence-electron chi connectivity index (χ0n) is 15.7. The number of aliphatic hydroxyl groups is 1. The molecule has 0 aromatic heterocycles. The summed E-state index contributed by atoms with van der Waals surface area (Å²) in [4.78, 5) is 47.4. The minimum Gasteiger partial charge on any atom is -0.480 e. The van der Waals surface area contributed by atoms with Crippen molar-refractivity contribution in [2.75, 3.05) is 19.7 Å². The van der Waals surface area contributed by atoms with Gasteiger partial charge in [-0.2, -0.15) is 0 Å². The molecular weight excluding hydrogens is 358 g/mol. The van der Waals surface area contributed by atoms with E-state index in [0.29, 0.717) is 25.8 Å². The first kappa shape index (κ1) is 24.8. The highest BCUT2D eigenvalue weighted by Crippen LogP contribution is 2.06. The lowest BCUT2D eigenvalue weighted by atomic mass is 10.0. The highest BCUT2D eigenvalue weighted by molar-refractivity contribution is 5.93. The molecule has 0 radical (unpaired) electrons. The number of carbonyl (C=O) groups excluding carboxylic acids is 3. The maximum Gasteiger partial charge on any atom is 0.328 e. The third kappa shape index (κ3) is 9.31. The summed E-state index contributed by atoms with van der Waals surface area (Å²) in [5.74, 6) is -3.60. The van der Waals surface area contributed by atoms with Gasteiger partial charge in [-0.1, -0.05) is 13.8 Å². The predicted octanol–water partition coefficient (Wildman–Crippen LogP) is -2.74. The van der Waals surface area contributed by atoms with Gasteiger partial charge in [-0.25, -0.2) is 4.79 Å². The van der Waals surface area contributed by atoms with E-state index in [1.165, 1.54) is 0 Å². The van der Waals surface area contributed by atoms with Crippen molar-refractivity contribution in [1.82, 2.24) is 16.0 Å². The van der Waals surface area contributed by atoms with Crippen LogP contribution >= 0.6 is 0 Å². The Hall–Kier alpha value is -2.24. The fourth-order valence-electron chi connectivity index (χ4n) is 2.25. The third-order valence-corrected chi connectivity index (χ3v) is 3.83. The molecule has 11 nitrogen and oxygen atoms in total. The van der Waals surface area contributed by atoms with Crippen LogP contribution in [0.25, 0.3) is 0 Å². The summed E-state index contributed by atoms with van der Waals surface area (Å²) in [5, 5.41) is 25.2. The van der Waals surface area contributed by atoms with Gasteiger partial charge in [0, 0.05) is 0 Å². The molecule has 0 aliphatic carbocycles. The van der Waals surface area contributed by atoms with Gasteiger partial charge in [0.2, 0.25) is 17.7 Å². The van der Waals surface area contributed by atoms with Crippen LogP contribution < -0.4 is 27.4 Å². The summed E-state index contributed by atoms with van der Waals surface area (Å²) in [6, 6.07) is -3.42. The van der Waals surface area contributed by atoms with E-state index in [2.05, 4.69) is 16.0 Å². The van der Waals surface area contributed by atoms with Crippen molar-refractivity contribution in [1.29, 1.82) is 0 Å². The summed E-state index contributed by atoms with van der Waals surface area (Å²) in [6.45, 7) is 2.70. The molecule has 0 fully saturated rings. The van der Waals surface area contributed by atoms with Crippen LogP contribution in [0.5, 0.6) is 0 Å². The maximum atomic E-state index is 12.6. The molecule has 27 heavy (non-hydrogen) atoms. The lowest BCUT2D eigenvalue weighted by molar-refractivity contribution is -0.143. The van der Waals surface area contributed by atoms with Gasteiger partial charge in [0.05, 0.1) is 13.2 Å². The molecule has 3 amide bonds. The summed E-state index contributed by atoms with van der Waals surface area (Å²) in [5.41, 5.74) is 10.7. The molecule has 0 rings (SSSR count). The number of nitrogens with two attached hydrogens (primary N) is 2. The zero-order chi connectivity index (χ0) is 21.0. The Bertz CT molecular complexity index is 514. The monoisotopic (exact) mass is 389 g/mol. The molecule has 0 unspecified atom stereocenters. The normalized spacial score (nSPS) is 14.1. The Balaban J connectivity index is 5.13. The molecule has 0 saturated heterocycles. The van der Waals surface area contributed by atoms with Crippen molar-refractivity contribution >= 4 is 23.7 Å². The number of nitrogens with one attached hydrogen (secondary N) is 3. The van der Waals surface area contributed by atoms with E-state index in [1.807, 2.05) is 0 Å². The van der Waals surface area contributed by atoms with Crippen LogP contribution in [0.3, 0.4) is 0 Å². The standard InChI is InChI=1S/C16H31N5O6/c1-9(2)13(15(25)20-11(8-22)16(26)27)21-14(24)10(5-3-4-6-17)19-12(23)7-18/h9-11,13,22H,3-8,17-18H2,1-2H3,(H,19,23)(H,20,25)(H,21,24)(H,26,27)/t10-,11-,13-/m0/s1. The molecule has 0 aliphatic rings. The highest BCUT2D eigenvalue weighted by Gasteiger charge is 2.30. The minimum atomic E-state index is -1.48. The van der Waals surface area contributed by atoms with E-state index in [1.54, 1.807) is 13.8 Å². The molecule has 3 atom stereocenters. The zero-order valence-corrected chi connectivity index (χ0v) is 15.7. The fraction of sp³-hybridized carbons (Fsp3) is 0.750. The average molecular weight is 389 g/mol. The molecule has 156 valence electrons. The maximum absolute atomic E-state index is 12.6. The van der Waals surface area contributed by atoms with Crippen molar-refractivity contribution in [3.63, 3.8) is 0 Å².